The number of nitrogens with zero attached hydrogens (tertiary/aromatic N) is 2. The predicted octanol–water partition coefficient (Wildman–Crippen LogP) is 0.226. The number of hydrogen-bond acceptors (Lipinski definition) is 4. The molecule has 1 aliphatic heterocycles. The number of carboxylic acid groups (broad SMARTS) is 1. The molecule has 0 saturated carbocycles. The maximum atomic E-state index is 12.3. The molecule has 8 heteroatoms. The fourth-order valence-electron chi connectivity index (χ4n) is 2.31. The number of urea groups is 1. The molecule has 1 aromatic heterocycles. The number of imidazole rings is 1. The molecule has 21 heavy (non-hydrogen) atoms. The largest absolute Gasteiger partial charge is 0.480 e. The smallest absolute Gasteiger partial charge is 0.326 e. The van der Waals surface area contributed by atoms with Gasteiger partial charge in [-0.15, -0.1) is 0 Å². The van der Waals surface area contributed by atoms with Crippen LogP contribution in [0.3, 0.4) is 0 Å². The topological polar surface area (TPSA) is 108 Å². The summed E-state index contributed by atoms with van der Waals surface area (Å²) in [6.45, 7) is 3.41. The Morgan fingerprint density at radius 3 is 3.10 bits per heavy atom. The average molecular weight is 296 g/mol. The van der Waals surface area contributed by atoms with Crippen LogP contribution in [0, 0.1) is 0 Å². The predicted molar refractivity (Wildman–Crippen MR) is 73.9 cm³/mol. The van der Waals surface area contributed by atoms with Crippen molar-refractivity contribution >= 4 is 12.0 Å². The van der Waals surface area contributed by atoms with Crippen LogP contribution >= 0.6 is 0 Å². The fourth-order valence-corrected chi connectivity index (χ4v) is 2.31. The molecule has 8 nitrogen and oxygen atoms in total. The van der Waals surface area contributed by atoms with Gasteiger partial charge in [0.1, 0.15) is 6.04 Å². The lowest BCUT2D eigenvalue weighted by Crippen LogP contribution is -2.55. The van der Waals surface area contributed by atoms with Crippen LogP contribution in [0.2, 0.25) is 0 Å². The number of aliphatic carboxylic acids is 1. The molecule has 0 aromatic carbocycles. The van der Waals surface area contributed by atoms with Gasteiger partial charge in [0.25, 0.3) is 0 Å². The summed E-state index contributed by atoms with van der Waals surface area (Å²) in [6, 6.07) is -1.37. The van der Waals surface area contributed by atoms with Crippen LogP contribution in [-0.2, 0) is 16.0 Å². The normalized spacial score (nSPS) is 20.0. The van der Waals surface area contributed by atoms with Crippen molar-refractivity contribution in [3.8, 4) is 0 Å². The van der Waals surface area contributed by atoms with Gasteiger partial charge in [-0.2, -0.15) is 0 Å². The zero-order valence-electron chi connectivity index (χ0n) is 11.9. The van der Waals surface area contributed by atoms with Crippen LogP contribution in [0.5, 0.6) is 0 Å². The minimum atomic E-state index is -1.07. The van der Waals surface area contributed by atoms with Crippen molar-refractivity contribution in [2.45, 2.75) is 31.8 Å². The number of carbonyl (C=O) groups excluding carboxylic acids is 1. The zero-order valence-corrected chi connectivity index (χ0v) is 11.9. The first-order valence-corrected chi connectivity index (χ1v) is 6.96. The summed E-state index contributed by atoms with van der Waals surface area (Å²) >= 11 is 0. The molecule has 3 N–H and O–H groups in total. The Morgan fingerprint density at radius 1 is 1.67 bits per heavy atom. The highest BCUT2D eigenvalue weighted by molar-refractivity contribution is 5.83. The van der Waals surface area contributed by atoms with Crippen molar-refractivity contribution in [1.29, 1.82) is 0 Å². The first-order chi connectivity index (χ1) is 10.1. The van der Waals surface area contributed by atoms with E-state index >= 15 is 0 Å². The van der Waals surface area contributed by atoms with E-state index in [2.05, 4.69) is 15.3 Å². The minimum absolute atomic E-state index is 0.0136. The van der Waals surface area contributed by atoms with E-state index in [-0.39, 0.29) is 18.5 Å². The van der Waals surface area contributed by atoms with E-state index in [0.717, 1.165) is 6.42 Å². The summed E-state index contributed by atoms with van der Waals surface area (Å²) in [5.41, 5.74) is 0.664. The SMILES string of the molecule is CCC1COCCN1C(=O)N[C@H](Cc1cnc[nH]1)C(=O)O. The van der Waals surface area contributed by atoms with Crippen molar-refractivity contribution < 1.29 is 19.4 Å². The van der Waals surface area contributed by atoms with E-state index in [1.807, 2.05) is 6.92 Å². The van der Waals surface area contributed by atoms with Crippen molar-refractivity contribution in [1.82, 2.24) is 20.2 Å². The summed E-state index contributed by atoms with van der Waals surface area (Å²) in [5.74, 6) is -1.07. The van der Waals surface area contributed by atoms with E-state index < -0.39 is 12.0 Å². The molecular weight excluding hydrogens is 276 g/mol. The van der Waals surface area contributed by atoms with Crippen LogP contribution in [0.1, 0.15) is 19.0 Å². The molecule has 0 bridgehead atoms. The summed E-state index contributed by atoms with van der Waals surface area (Å²) in [6.07, 6.45) is 3.96. The summed E-state index contributed by atoms with van der Waals surface area (Å²) in [4.78, 5) is 31.9. The lowest BCUT2D eigenvalue weighted by molar-refractivity contribution is -0.139. The first-order valence-electron chi connectivity index (χ1n) is 6.96. The molecular formula is C13H20N4O4. The van der Waals surface area contributed by atoms with Crippen molar-refractivity contribution in [3.63, 3.8) is 0 Å². The number of H-pyrrole nitrogens is 1. The molecule has 1 fully saturated rings. The minimum Gasteiger partial charge on any atom is -0.480 e. The van der Waals surface area contributed by atoms with Crippen LogP contribution in [0.4, 0.5) is 4.79 Å². The van der Waals surface area contributed by atoms with Gasteiger partial charge in [0.2, 0.25) is 0 Å². The molecule has 0 radical (unpaired) electrons. The number of rotatable bonds is 5. The molecule has 2 atom stereocenters. The van der Waals surface area contributed by atoms with Gasteiger partial charge in [-0.1, -0.05) is 6.92 Å². The second-order valence-corrected chi connectivity index (χ2v) is 4.95. The molecule has 1 saturated heterocycles. The fraction of sp³-hybridized carbons (Fsp3) is 0.615. The van der Waals surface area contributed by atoms with Crippen molar-refractivity contribution in [3.05, 3.63) is 18.2 Å². The van der Waals surface area contributed by atoms with Gasteiger partial charge in [-0.3, -0.25) is 0 Å². The number of ether oxygens (including phenoxy) is 1. The van der Waals surface area contributed by atoms with Gasteiger partial charge >= 0.3 is 12.0 Å². The van der Waals surface area contributed by atoms with Gasteiger partial charge in [-0.25, -0.2) is 14.6 Å². The Morgan fingerprint density at radius 2 is 2.48 bits per heavy atom. The Balaban J connectivity index is 1.98. The maximum Gasteiger partial charge on any atom is 0.326 e. The van der Waals surface area contributed by atoms with E-state index in [0.29, 0.717) is 25.5 Å². The Bertz CT molecular complexity index is 477. The van der Waals surface area contributed by atoms with Crippen LogP contribution in [0.15, 0.2) is 12.5 Å². The number of carboxylic acids is 1. The van der Waals surface area contributed by atoms with Gasteiger partial charge in [-0.05, 0) is 6.42 Å². The van der Waals surface area contributed by atoms with Gasteiger partial charge < -0.3 is 25.0 Å². The number of amides is 2. The second kappa shape index (κ2) is 7.07. The highest BCUT2D eigenvalue weighted by atomic mass is 16.5. The van der Waals surface area contributed by atoms with Crippen molar-refractivity contribution in [2.24, 2.45) is 0 Å². The lowest BCUT2D eigenvalue weighted by Gasteiger charge is -2.35. The molecule has 1 aromatic rings. The first kappa shape index (κ1) is 15.3. The van der Waals surface area contributed by atoms with Crippen LogP contribution in [0.25, 0.3) is 0 Å². The molecule has 2 heterocycles. The molecule has 116 valence electrons. The molecule has 1 aliphatic rings. The third kappa shape index (κ3) is 3.94. The zero-order chi connectivity index (χ0) is 15.2. The molecule has 1 unspecified atom stereocenters. The third-order valence-electron chi connectivity index (χ3n) is 3.53. The quantitative estimate of drug-likeness (QED) is 0.720. The lowest BCUT2D eigenvalue weighted by atomic mass is 10.1. The molecule has 0 aliphatic carbocycles. The molecule has 2 rings (SSSR count). The van der Waals surface area contributed by atoms with E-state index in [1.165, 1.54) is 6.33 Å². The third-order valence-corrected chi connectivity index (χ3v) is 3.53. The number of carbonyl (C=O) groups is 2. The van der Waals surface area contributed by atoms with Crippen LogP contribution in [-0.4, -0.2) is 63.8 Å². The molecule has 0 spiro atoms. The number of aromatic amines is 1. The van der Waals surface area contributed by atoms with E-state index in [4.69, 9.17) is 4.74 Å². The number of morpholine rings is 1. The highest BCUT2D eigenvalue weighted by Crippen LogP contribution is 2.11. The standard InChI is InChI=1S/C13H20N4O4/c1-2-10-7-21-4-3-17(10)13(20)16-11(12(18)19)5-9-6-14-8-15-9/h6,8,10-11H,2-5,7H2,1H3,(H,14,15)(H,16,20)(H,18,19)/t10?,11-/m1/s1. The van der Waals surface area contributed by atoms with Crippen molar-refractivity contribution in [2.75, 3.05) is 19.8 Å². The summed E-state index contributed by atoms with van der Waals surface area (Å²) in [7, 11) is 0. The van der Waals surface area contributed by atoms with E-state index in [9.17, 15) is 14.7 Å². The second-order valence-electron chi connectivity index (χ2n) is 4.95. The Hall–Kier alpha value is -2.09. The van der Waals surface area contributed by atoms with Gasteiger partial charge in [0.05, 0.1) is 25.6 Å². The molecule has 2 amide bonds. The number of nitrogens with one attached hydrogen (secondary N) is 2. The van der Waals surface area contributed by atoms with E-state index in [1.54, 1.807) is 11.1 Å². The highest BCUT2D eigenvalue weighted by Gasteiger charge is 2.29. The maximum absolute atomic E-state index is 12.3. The summed E-state index contributed by atoms with van der Waals surface area (Å²) < 4.78 is 5.34. The van der Waals surface area contributed by atoms with Gasteiger partial charge in [0.15, 0.2) is 0 Å². The average Bonchev–Trinajstić information content (AvgIpc) is 2.99. The number of hydrogen-bond donors (Lipinski definition) is 3. The van der Waals surface area contributed by atoms with Gasteiger partial charge in [0, 0.05) is 24.9 Å². The van der Waals surface area contributed by atoms with Crippen LogP contribution < -0.4 is 5.32 Å². The number of aromatic nitrogens is 2. The Labute approximate surface area is 122 Å². The summed E-state index contributed by atoms with van der Waals surface area (Å²) in [5, 5.41) is 11.8. The monoisotopic (exact) mass is 296 g/mol. The Kier molecular flexibility index (Phi) is 5.15.